The maximum atomic E-state index is 12.7. The summed E-state index contributed by atoms with van der Waals surface area (Å²) in [5.74, 6) is -0.180. The fourth-order valence-corrected chi connectivity index (χ4v) is 4.89. The highest BCUT2D eigenvalue weighted by Gasteiger charge is 2.28. The van der Waals surface area contributed by atoms with Crippen LogP contribution in [0, 0.1) is 0 Å². The molecule has 0 radical (unpaired) electrons. The molecule has 26 heavy (non-hydrogen) atoms. The number of aliphatic hydroxyl groups excluding tert-OH is 1. The average Bonchev–Trinajstić information content (AvgIpc) is 3.07. The zero-order chi connectivity index (χ0) is 17.9. The number of nitrogens with one attached hydrogen (secondary N) is 2. The third kappa shape index (κ3) is 4.95. The van der Waals surface area contributed by atoms with Gasteiger partial charge in [0.15, 0.2) is 0 Å². The third-order valence-electron chi connectivity index (χ3n) is 4.74. The predicted octanol–water partition coefficient (Wildman–Crippen LogP) is 0.622. The number of sulfonamides is 1. The van der Waals surface area contributed by atoms with E-state index in [0.717, 1.165) is 24.8 Å². The zero-order valence-corrected chi connectivity index (χ0v) is 16.2. The summed E-state index contributed by atoms with van der Waals surface area (Å²) in [5, 5.41) is 15.2. The van der Waals surface area contributed by atoms with Crippen LogP contribution in [-0.2, 0) is 21.4 Å². The predicted molar refractivity (Wildman–Crippen MR) is 101 cm³/mol. The number of halogens is 1. The van der Waals surface area contributed by atoms with E-state index in [1.165, 1.54) is 4.31 Å². The van der Waals surface area contributed by atoms with E-state index in [-0.39, 0.29) is 29.8 Å². The van der Waals surface area contributed by atoms with E-state index >= 15 is 0 Å². The molecule has 0 saturated carbocycles. The summed E-state index contributed by atoms with van der Waals surface area (Å²) in [4.78, 5) is 12.4. The molecule has 2 saturated heterocycles. The van der Waals surface area contributed by atoms with Crippen LogP contribution in [0.4, 0.5) is 0 Å². The van der Waals surface area contributed by atoms with Gasteiger partial charge in [0.2, 0.25) is 15.9 Å². The average molecular weight is 404 g/mol. The van der Waals surface area contributed by atoms with Crippen LogP contribution in [0.5, 0.6) is 0 Å². The number of carbonyl (C=O) groups excluding carboxylic acids is 1. The van der Waals surface area contributed by atoms with Crippen molar-refractivity contribution >= 4 is 28.3 Å². The molecule has 0 aromatic heterocycles. The van der Waals surface area contributed by atoms with Crippen molar-refractivity contribution in [2.24, 2.45) is 0 Å². The van der Waals surface area contributed by atoms with Gasteiger partial charge in [0.1, 0.15) is 0 Å². The summed E-state index contributed by atoms with van der Waals surface area (Å²) in [6.07, 6.45) is 2.77. The molecule has 2 unspecified atom stereocenters. The number of amides is 1. The Morgan fingerprint density at radius 2 is 2.00 bits per heavy atom. The van der Waals surface area contributed by atoms with Crippen LogP contribution in [0.25, 0.3) is 0 Å². The summed E-state index contributed by atoms with van der Waals surface area (Å²) in [6, 6.07) is 6.34. The molecule has 9 heteroatoms. The molecule has 3 N–H and O–H groups in total. The molecule has 0 aliphatic carbocycles. The fraction of sp³-hybridized carbons (Fsp3) is 0.588. The highest BCUT2D eigenvalue weighted by atomic mass is 35.5. The van der Waals surface area contributed by atoms with Crippen molar-refractivity contribution in [2.75, 3.05) is 19.6 Å². The molecule has 2 atom stereocenters. The number of piperidine rings is 1. The van der Waals surface area contributed by atoms with Gasteiger partial charge in [-0.25, -0.2) is 8.42 Å². The summed E-state index contributed by atoms with van der Waals surface area (Å²) >= 11 is 0. The number of β-amino-alcohol motifs (C(OH)–C–C–N with tert-alkyl or cyclic N) is 1. The zero-order valence-electron chi connectivity index (χ0n) is 14.6. The minimum atomic E-state index is -3.47. The van der Waals surface area contributed by atoms with Gasteiger partial charge in [0.05, 0.1) is 17.0 Å². The number of nitrogens with zero attached hydrogens (tertiary/aromatic N) is 1. The van der Waals surface area contributed by atoms with Gasteiger partial charge in [-0.1, -0.05) is 18.6 Å². The molecule has 3 rings (SSSR count). The van der Waals surface area contributed by atoms with E-state index < -0.39 is 22.2 Å². The van der Waals surface area contributed by atoms with Crippen molar-refractivity contribution in [2.45, 2.75) is 49.3 Å². The van der Waals surface area contributed by atoms with Crippen molar-refractivity contribution in [3.8, 4) is 0 Å². The summed E-state index contributed by atoms with van der Waals surface area (Å²) in [6.45, 7) is 1.82. The number of carbonyl (C=O) groups is 1. The Hall–Kier alpha value is -1.19. The Morgan fingerprint density at radius 3 is 2.65 bits per heavy atom. The molecule has 2 heterocycles. The fourth-order valence-electron chi connectivity index (χ4n) is 3.30. The monoisotopic (exact) mass is 403 g/mol. The summed E-state index contributed by atoms with van der Waals surface area (Å²) < 4.78 is 27.0. The van der Waals surface area contributed by atoms with Crippen LogP contribution in [0.3, 0.4) is 0 Å². The molecule has 1 aromatic carbocycles. The summed E-state index contributed by atoms with van der Waals surface area (Å²) in [5.41, 5.74) is 0.741. The minimum Gasteiger partial charge on any atom is -0.392 e. The van der Waals surface area contributed by atoms with Crippen LogP contribution in [0.15, 0.2) is 29.2 Å². The Kier molecular flexibility index (Phi) is 7.42. The molecule has 0 spiro atoms. The van der Waals surface area contributed by atoms with Crippen molar-refractivity contribution in [3.63, 3.8) is 0 Å². The van der Waals surface area contributed by atoms with Crippen molar-refractivity contribution in [1.82, 2.24) is 14.9 Å². The van der Waals surface area contributed by atoms with Crippen molar-refractivity contribution in [3.05, 3.63) is 29.8 Å². The first-order chi connectivity index (χ1) is 12.0. The van der Waals surface area contributed by atoms with E-state index in [9.17, 15) is 18.3 Å². The molecule has 146 valence electrons. The number of aliphatic hydroxyl groups is 1. The highest BCUT2D eigenvalue weighted by molar-refractivity contribution is 7.89. The number of hydrogen-bond acceptors (Lipinski definition) is 5. The van der Waals surface area contributed by atoms with Gasteiger partial charge in [-0.15, -0.1) is 12.4 Å². The lowest BCUT2D eigenvalue weighted by molar-refractivity contribution is -0.123. The first-order valence-corrected chi connectivity index (χ1v) is 10.2. The van der Waals surface area contributed by atoms with Gasteiger partial charge in [-0.3, -0.25) is 4.79 Å². The molecule has 1 aromatic rings. The standard InChI is InChI=1S/C17H25N3O4S.ClH/c21-14-10-16(18-12-14)17(22)19-11-13-5-4-6-15(9-13)25(23,24)20-7-2-1-3-8-20;/h4-6,9,14,16,18,21H,1-3,7-8,10-12H2,(H,19,22);1H. The lowest BCUT2D eigenvalue weighted by Crippen LogP contribution is -2.40. The Bertz CT molecular complexity index is 722. The molecule has 0 bridgehead atoms. The van der Waals surface area contributed by atoms with E-state index in [1.807, 2.05) is 0 Å². The first-order valence-electron chi connectivity index (χ1n) is 8.75. The Balaban J connectivity index is 0.00000243. The van der Waals surface area contributed by atoms with Gasteiger partial charge in [-0.2, -0.15) is 4.31 Å². The maximum absolute atomic E-state index is 12.7. The lowest BCUT2D eigenvalue weighted by Gasteiger charge is -2.26. The Labute approximate surface area is 160 Å². The smallest absolute Gasteiger partial charge is 0.243 e. The second-order valence-electron chi connectivity index (χ2n) is 6.68. The Morgan fingerprint density at radius 1 is 1.27 bits per heavy atom. The van der Waals surface area contributed by atoms with E-state index in [0.29, 0.717) is 26.1 Å². The van der Waals surface area contributed by atoms with Crippen LogP contribution < -0.4 is 10.6 Å². The van der Waals surface area contributed by atoms with E-state index in [1.54, 1.807) is 24.3 Å². The number of hydrogen-bond donors (Lipinski definition) is 3. The van der Waals surface area contributed by atoms with Gasteiger partial charge in [0.25, 0.3) is 0 Å². The normalized spacial score (nSPS) is 24.0. The van der Waals surface area contributed by atoms with Crippen LogP contribution in [-0.4, -0.2) is 55.5 Å². The van der Waals surface area contributed by atoms with E-state index in [4.69, 9.17) is 0 Å². The minimum absolute atomic E-state index is 0. The van der Waals surface area contributed by atoms with E-state index in [2.05, 4.69) is 10.6 Å². The topological polar surface area (TPSA) is 98.7 Å². The van der Waals surface area contributed by atoms with Gasteiger partial charge in [-0.05, 0) is 37.0 Å². The van der Waals surface area contributed by atoms with Crippen LogP contribution >= 0.6 is 12.4 Å². The van der Waals surface area contributed by atoms with Gasteiger partial charge in [0, 0.05) is 26.2 Å². The second kappa shape index (κ2) is 9.14. The maximum Gasteiger partial charge on any atom is 0.243 e. The first kappa shape index (κ1) is 21.1. The molecule has 2 fully saturated rings. The number of rotatable bonds is 5. The molecular formula is C17H26ClN3O4S. The van der Waals surface area contributed by atoms with Crippen molar-refractivity contribution < 1.29 is 18.3 Å². The summed E-state index contributed by atoms with van der Waals surface area (Å²) in [7, 11) is -3.47. The van der Waals surface area contributed by atoms with Gasteiger partial charge < -0.3 is 15.7 Å². The SMILES string of the molecule is Cl.O=C(NCc1cccc(S(=O)(=O)N2CCCCC2)c1)C1CC(O)CN1. The molecule has 7 nitrogen and oxygen atoms in total. The van der Waals surface area contributed by atoms with Crippen molar-refractivity contribution in [1.29, 1.82) is 0 Å². The quantitative estimate of drug-likeness (QED) is 0.669. The molecule has 1 amide bonds. The molecule has 2 aliphatic rings. The lowest BCUT2D eigenvalue weighted by atomic mass is 10.2. The largest absolute Gasteiger partial charge is 0.392 e. The third-order valence-corrected chi connectivity index (χ3v) is 6.64. The van der Waals surface area contributed by atoms with Gasteiger partial charge >= 0.3 is 0 Å². The molecule has 2 aliphatic heterocycles. The van der Waals surface area contributed by atoms with Crippen LogP contribution in [0.2, 0.25) is 0 Å². The van der Waals surface area contributed by atoms with Crippen LogP contribution in [0.1, 0.15) is 31.2 Å². The molecular weight excluding hydrogens is 378 g/mol. The highest BCUT2D eigenvalue weighted by Crippen LogP contribution is 2.21. The number of benzene rings is 1. The second-order valence-corrected chi connectivity index (χ2v) is 8.62.